The minimum absolute atomic E-state index is 0.582. The van der Waals surface area contributed by atoms with Crippen molar-refractivity contribution in [1.29, 1.82) is 0 Å². The van der Waals surface area contributed by atoms with Crippen LogP contribution in [0, 0.1) is 5.92 Å². The number of rotatable bonds is 2. The zero-order valence-electron chi connectivity index (χ0n) is 7.09. The second-order valence-electron chi connectivity index (χ2n) is 3.25. The average Bonchev–Trinajstić information content (AvgIpc) is 2.34. The molecule has 0 aromatic heterocycles. The van der Waals surface area contributed by atoms with Crippen molar-refractivity contribution in [3.05, 3.63) is 12.2 Å². The lowest BCUT2D eigenvalue weighted by Crippen LogP contribution is -2.33. The Hall–Kier alpha value is -0.300. The van der Waals surface area contributed by atoms with Gasteiger partial charge in [-0.15, -0.1) is 0 Å². The average molecular weight is 139 g/mol. The molecule has 10 heavy (non-hydrogen) atoms. The molecule has 58 valence electrons. The van der Waals surface area contributed by atoms with Crippen molar-refractivity contribution >= 4 is 0 Å². The predicted molar refractivity (Wildman–Crippen MR) is 45.0 cm³/mol. The lowest BCUT2D eigenvalue weighted by Gasteiger charge is -2.17. The van der Waals surface area contributed by atoms with Crippen LogP contribution in [-0.4, -0.2) is 12.1 Å². The summed E-state index contributed by atoms with van der Waals surface area (Å²) in [4.78, 5) is 0. The highest BCUT2D eigenvalue weighted by molar-refractivity contribution is 5.08. The van der Waals surface area contributed by atoms with Crippen LogP contribution in [0.2, 0.25) is 0 Å². The predicted octanol–water partition coefficient (Wildman–Crippen LogP) is 1.95. The molecule has 3 unspecified atom stereocenters. The van der Waals surface area contributed by atoms with E-state index in [4.69, 9.17) is 0 Å². The molecule has 0 bridgehead atoms. The van der Waals surface area contributed by atoms with Crippen LogP contribution >= 0.6 is 0 Å². The molecule has 0 saturated heterocycles. The highest BCUT2D eigenvalue weighted by Crippen LogP contribution is 2.14. The van der Waals surface area contributed by atoms with Gasteiger partial charge in [-0.2, -0.15) is 0 Å². The van der Waals surface area contributed by atoms with E-state index in [1.165, 1.54) is 6.42 Å². The maximum atomic E-state index is 3.49. The summed E-state index contributed by atoms with van der Waals surface area (Å²) in [6.45, 7) is 6.72. The van der Waals surface area contributed by atoms with Crippen LogP contribution < -0.4 is 5.32 Å². The minimum atomic E-state index is 0.582. The van der Waals surface area contributed by atoms with Gasteiger partial charge in [-0.25, -0.2) is 0 Å². The number of nitrogens with one attached hydrogen (secondary N) is 1. The Bertz CT molecular complexity index is 129. The first kappa shape index (κ1) is 7.80. The first-order valence-electron chi connectivity index (χ1n) is 4.18. The topological polar surface area (TPSA) is 12.0 Å². The van der Waals surface area contributed by atoms with Gasteiger partial charge >= 0.3 is 0 Å². The standard InChI is InChI=1S/C9H17N/c1-4-7(2)9-6-5-8(3)10-9/h5-10H,4H2,1-3H3. The summed E-state index contributed by atoms with van der Waals surface area (Å²) in [6.07, 6.45) is 5.80. The molecule has 0 fully saturated rings. The molecule has 0 spiro atoms. The molecule has 0 aromatic carbocycles. The SMILES string of the molecule is CCC(C)C1C=CC(C)N1. The fourth-order valence-electron chi connectivity index (χ4n) is 1.31. The Kier molecular flexibility index (Phi) is 2.50. The molecule has 1 rings (SSSR count). The fraction of sp³-hybridized carbons (Fsp3) is 0.778. The molecule has 0 amide bonds. The molecule has 0 aromatic rings. The van der Waals surface area contributed by atoms with Gasteiger partial charge in [0.05, 0.1) is 0 Å². The van der Waals surface area contributed by atoms with Gasteiger partial charge < -0.3 is 5.32 Å². The van der Waals surface area contributed by atoms with Crippen molar-refractivity contribution < 1.29 is 0 Å². The third kappa shape index (κ3) is 1.60. The van der Waals surface area contributed by atoms with Crippen molar-refractivity contribution in [2.24, 2.45) is 5.92 Å². The van der Waals surface area contributed by atoms with E-state index in [1.54, 1.807) is 0 Å². The van der Waals surface area contributed by atoms with E-state index in [-0.39, 0.29) is 0 Å². The molecule has 1 aliphatic heterocycles. The van der Waals surface area contributed by atoms with Crippen molar-refractivity contribution in [2.45, 2.75) is 39.3 Å². The molecular formula is C9H17N. The van der Waals surface area contributed by atoms with E-state index in [0.29, 0.717) is 12.1 Å². The molecule has 3 atom stereocenters. The Morgan fingerprint density at radius 3 is 2.60 bits per heavy atom. The third-order valence-electron chi connectivity index (χ3n) is 2.32. The van der Waals surface area contributed by atoms with Crippen LogP contribution in [0.4, 0.5) is 0 Å². The summed E-state index contributed by atoms with van der Waals surface area (Å²) in [7, 11) is 0. The summed E-state index contributed by atoms with van der Waals surface area (Å²) in [5, 5.41) is 3.49. The normalized spacial score (nSPS) is 34.7. The number of hydrogen-bond donors (Lipinski definition) is 1. The third-order valence-corrected chi connectivity index (χ3v) is 2.32. The van der Waals surface area contributed by atoms with Crippen LogP contribution in [0.15, 0.2) is 12.2 Å². The van der Waals surface area contributed by atoms with Gasteiger partial charge in [-0.3, -0.25) is 0 Å². The van der Waals surface area contributed by atoms with E-state index in [0.717, 1.165) is 5.92 Å². The van der Waals surface area contributed by atoms with E-state index >= 15 is 0 Å². The van der Waals surface area contributed by atoms with Gasteiger partial charge in [-0.05, 0) is 12.8 Å². The van der Waals surface area contributed by atoms with Gasteiger partial charge in [0.2, 0.25) is 0 Å². The lowest BCUT2D eigenvalue weighted by atomic mass is 10.0. The van der Waals surface area contributed by atoms with Crippen LogP contribution in [0.25, 0.3) is 0 Å². The Balaban J connectivity index is 2.38. The van der Waals surface area contributed by atoms with Crippen LogP contribution in [0.5, 0.6) is 0 Å². The summed E-state index contributed by atoms with van der Waals surface area (Å²) >= 11 is 0. The largest absolute Gasteiger partial charge is 0.304 e. The molecule has 1 aliphatic rings. The summed E-state index contributed by atoms with van der Waals surface area (Å²) in [5.41, 5.74) is 0. The van der Waals surface area contributed by atoms with Gasteiger partial charge in [0.1, 0.15) is 0 Å². The summed E-state index contributed by atoms with van der Waals surface area (Å²) in [6, 6.07) is 1.21. The minimum Gasteiger partial charge on any atom is -0.304 e. The first-order chi connectivity index (χ1) is 4.74. The zero-order valence-corrected chi connectivity index (χ0v) is 7.09. The van der Waals surface area contributed by atoms with Crippen molar-refractivity contribution in [3.8, 4) is 0 Å². The molecule has 1 heteroatoms. The Labute approximate surface area is 63.5 Å². The van der Waals surface area contributed by atoms with Crippen molar-refractivity contribution in [1.82, 2.24) is 5.32 Å². The van der Waals surface area contributed by atoms with E-state index in [9.17, 15) is 0 Å². The first-order valence-corrected chi connectivity index (χ1v) is 4.18. The maximum absolute atomic E-state index is 3.49. The van der Waals surface area contributed by atoms with E-state index in [2.05, 4.69) is 38.2 Å². The lowest BCUT2D eigenvalue weighted by molar-refractivity contribution is 0.429. The second-order valence-corrected chi connectivity index (χ2v) is 3.25. The molecular weight excluding hydrogens is 122 g/mol. The Morgan fingerprint density at radius 1 is 1.50 bits per heavy atom. The monoisotopic (exact) mass is 139 g/mol. The fourth-order valence-corrected chi connectivity index (χ4v) is 1.31. The summed E-state index contributed by atoms with van der Waals surface area (Å²) < 4.78 is 0. The van der Waals surface area contributed by atoms with Crippen LogP contribution in [0.3, 0.4) is 0 Å². The van der Waals surface area contributed by atoms with Gasteiger partial charge in [0, 0.05) is 12.1 Å². The quantitative estimate of drug-likeness (QED) is 0.577. The second kappa shape index (κ2) is 3.20. The van der Waals surface area contributed by atoms with Gasteiger partial charge in [0.25, 0.3) is 0 Å². The molecule has 0 saturated carbocycles. The summed E-state index contributed by atoms with van der Waals surface area (Å²) in [5.74, 6) is 0.779. The highest BCUT2D eigenvalue weighted by atomic mass is 15.0. The zero-order chi connectivity index (χ0) is 7.56. The maximum Gasteiger partial charge on any atom is 0.0281 e. The van der Waals surface area contributed by atoms with E-state index < -0.39 is 0 Å². The number of hydrogen-bond acceptors (Lipinski definition) is 1. The van der Waals surface area contributed by atoms with Gasteiger partial charge in [-0.1, -0.05) is 32.4 Å². The molecule has 1 nitrogen and oxygen atoms in total. The molecule has 1 heterocycles. The van der Waals surface area contributed by atoms with Gasteiger partial charge in [0.15, 0.2) is 0 Å². The van der Waals surface area contributed by atoms with Crippen molar-refractivity contribution in [3.63, 3.8) is 0 Å². The molecule has 0 aliphatic carbocycles. The van der Waals surface area contributed by atoms with E-state index in [1.807, 2.05) is 0 Å². The highest BCUT2D eigenvalue weighted by Gasteiger charge is 2.17. The van der Waals surface area contributed by atoms with Crippen LogP contribution in [0.1, 0.15) is 27.2 Å². The van der Waals surface area contributed by atoms with Crippen molar-refractivity contribution in [2.75, 3.05) is 0 Å². The Morgan fingerprint density at radius 2 is 2.20 bits per heavy atom. The van der Waals surface area contributed by atoms with Crippen LogP contribution in [-0.2, 0) is 0 Å². The smallest absolute Gasteiger partial charge is 0.0281 e. The molecule has 1 N–H and O–H groups in total. The molecule has 0 radical (unpaired) electrons.